The average Bonchev–Trinajstić information content (AvgIpc) is 2.60. The molecule has 0 aliphatic carbocycles. The molecule has 2 bridgehead atoms. The third-order valence-corrected chi connectivity index (χ3v) is 2.51. The highest BCUT2D eigenvalue weighted by molar-refractivity contribution is 5.17. The van der Waals surface area contributed by atoms with Crippen LogP contribution in [0.15, 0.2) is 12.3 Å². The first-order valence-electron chi connectivity index (χ1n) is 3.72. The normalized spacial score (nSPS) is 34.8. The summed E-state index contributed by atoms with van der Waals surface area (Å²) in [6, 6.07) is 3.36. The van der Waals surface area contributed by atoms with E-state index in [4.69, 9.17) is 0 Å². The number of rotatable bonds is 0. The first-order valence-corrected chi connectivity index (χ1v) is 3.72. The van der Waals surface area contributed by atoms with Gasteiger partial charge in [-0.2, -0.15) is 5.10 Å². The summed E-state index contributed by atoms with van der Waals surface area (Å²) < 4.78 is 2.15. The zero-order valence-electron chi connectivity index (χ0n) is 5.62. The van der Waals surface area contributed by atoms with Crippen molar-refractivity contribution in [2.75, 3.05) is 6.54 Å². The summed E-state index contributed by atoms with van der Waals surface area (Å²) in [6.45, 7) is 1.11. The molecule has 2 aliphatic heterocycles. The maximum Gasteiger partial charge on any atom is 0.0666 e. The van der Waals surface area contributed by atoms with Crippen LogP contribution in [0.25, 0.3) is 0 Å². The summed E-state index contributed by atoms with van der Waals surface area (Å²) in [5.74, 6) is 0. The first-order chi connectivity index (χ1) is 4.95. The van der Waals surface area contributed by atoms with Gasteiger partial charge in [0.15, 0.2) is 0 Å². The molecule has 0 aromatic carbocycles. The Balaban J connectivity index is 2.25. The molecule has 0 saturated carbocycles. The lowest BCUT2D eigenvalue weighted by Gasteiger charge is -2.13. The van der Waals surface area contributed by atoms with E-state index in [1.807, 2.05) is 6.20 Å². The fourth-order valence-corrected chi connectivity index (χ4v) is 2.03. The van der Waals surface area contributed by atoms with E-state index in [9.17, 15) is 0 Å². The molecule has 0 unspecified atom stereocenters. The Bertz CT molecular complexity index is 241. The molecule has 2 atom stereocenters. The molecule has 1 saturated heterocycles. The van der Waals surface area contributed by atoms with Gasteiger partial charge in [0.25, 0.3) is 0 Å². The summed E-state index contributed by atoms with van der Waals surface area (Å²) in [5, 5.41) is 7.69. The quantitative estimate of drug-likeness (QED) is 0.560. The third kappa shape index (κ3) is 0.399. The van der Waals surface area contributed by atoms with Gasteiger partial charge in [0, 0.05) is 12.7 Å². The standard InChI is InChI=1S/C7H9N3/c1-2-9-10-5-3-6(7(1)10)8-4-5/h1-2,5-6,8H,3-4H2/t5-,6-/m0/s1. The minimum Gasteiger partial charge on any atom is -0.306 e. The van der Waals surface area contributed by atoms with Crippen molar-refractivity contribution in [3.8, 4) is 0 Å². The molecule has 3 rings (SSSR count). The van der Waals surface area contributed by atoms with E-state index in [1.54, 1.807) is 0 Å². The molecule has 3 heteroatoms. The van der Waals surface area contributed by atoms with Gasteiger partial charge in [-0.15, -0.1) is 0 Å². The van der Waals surface area contributed by atoms with Gasteiger partial charge in [-0.05, 0) is 12.5 Å². The fourth-order valence-electron chi connectivity index (χ4n) is 2.03. The number of aromatic nitrogens is 2. The van der Waals surface area contributed by atoms with E-state index < -0.39 is 0 Å². The highest BCUT2D eigenvalue weighted by Gasteiger charge is 2.36. The van der Waals surface area contributed by atoms with Crippen LogP contribution in [0.1, 0.15) is 24.2 Å². The molecule has 1 N–H and O–H groups in total. The largest absolute Gasteiger partial charge is 0.306 e. The van der Waals surface area contributed by atoms with Crippen molar-refractivity contribution in [1.29, 1.82) is 0 Å². The Morgan fingerprint density at radius 1 is 1.70 bits per heavy atom. The van der Waals surface area contributed by atoms with Gasteiger partial charge in [0.05, 0.1) is 17.8 Å². The highest BCUT2D eigenvalue weighted by atomic mass is 15.4. The van der Waals surface area contributed by atoms with E-state index in [0.717, 1.165) is 6.54 Å². The van der Waals surface area contributed by atoms with Gasteiger partial charge < -0.3 is 5.32 Å². The molecule has 0 amide bonds. The molecular weight excluding hydrogens is 126 g/mol. The van der Waals surface area contributed by atoms with E-state index in [2.05, 4.69) is 21.2 Å². The van der Waals surface area contributed by atoms with Gasteiger partial charge in [0.1, 0.15) is 0 Å². The summed E-state index contributed by atoms with van der Waals surface area (Å²) in [7, 11) is 0. The summed E-state index contributed by atoms with van der Waals surface area (Å²) >= 11 is 0. The highest BCUT2D eigenvalue weighted by Crippen LogP contribution is 2.37. The van der Waals surface area contributed by atoms with Crippen LogP contribution in [0.3, 0.4) is 0 Å². The molecule has 3 nitrogen and oxygen atoms in total. The molecule has 0 spiro atoms. The van der Waals surface area contributed by atoms with Gasteiger partial charge in [-0.25, -0.2) is 0 Å². The SMILES string of the molecule is c1cc2n(n1)[C@@H]1CN[C@H]2C1. The lowest BCUT2D eigenvalue weighted by molar-refractivity contribution is 0.487. The van der Waals surface area contributed by atoms with Crippen LogP contribution in [-0.4, -0.2) is 16.3 Å². The Morgan fingerprint density at radius 3 is 3.60 bits per heavy atom. The molecule has 52 valence electrons. The number of nitrogens with one attached hydrogen (secondary N) is 1. The number of hydrogen-bond acceptors (Lipinski definition) is 2. The van der Waals surface area contributed by atoms with Crippen molar-refractivity contribution >= 4 is 0 Å². The summed E-state index contributed by atoms with van der Waals surface area (Å²) in [5.41, 5.74) is 1.37. The topological polar surface area (TPSA) is 29.9 Å². The molecule has 1 fully saturated rings. The van der Waals surface area contributed by atoms with Crippen LogP contribution in [0, 0.1) is 0 Å². The van der Waals surface area contributed by atoms with Crippen molar-refractivity contribution in [1.82, 2.24) is 15.1 Å². The van der Waals surface area contributed by atoms with Crippen molar-refractivity contribution in [2.45, 2.75) is 18.5 Å². The zero-order valence-corrected chi connectivity index (χ0v) is 5.62. The molecule has 3 heterocycles. The monoisotopic (exact) mass is 135 g/mol. The molecule has 2 aliphatic rings. The predicted molar refractivity (Wildman–Crippen MR) is 36.6 cm³/mol. The number of hydrogen-bond donors (Lipinski definition) is 1. The maximum atomic E-state index is 4.26. The van der Waals surface area contributed by atoms with Crippen molar-refractivity contribution in [2.24, 2.45) is 0 Å². The lowest BCUT2D eigenvalue weighted by Crippen LogP contribution is -2.23. The van der Waals surface area contributed by atoms with E-state index in [-0.39, 0.29) is 0 Å². The summed E-state index contributed by atoms with van der Waals surface area (Å²) in [4.78, 5) is 0. The Morgan fingerprint density at radius 2 is 2.70 bits per heavy atom. The molecule has 1 aromatic rings. The van der Waals surface area contributed by atoms with E-state index in [1.165, 1.54) is 12.1 Å². The Labute approximate surface area is 59.0 Å². The molecule has 1 aromatic heterocycles. The first kappa shape index (κ1) is 4.91. The van der Waals surface area contributed by atoms with Crippen molar-refractivity contribution < 1.29 is 0 Å². The molecular formula is C7H9N3. The predicted octanol–water partition coefficient (Wildman–Crippen LogP) is 0.472. The zero-order chi connectivity index (χ0) is 6.55. The molecule has 0 radical (unpaired) electrons. The fraction of sp³-hybridized carbons (Fsp3) is 0.571. The second-order valence-electron chi connectivity index (χ2n) is 3.05. The number of fused-ring (bicyclic) bond motifs is 5. The Kier molecular flexibility index (Phi) is 0.699. The average molecular weight is 135 g/mol. The van der Waals surface area contributed by atoms with Gasteiger partial charge >= 0.3 is 0 Å². The van der Waals surface area contributed by atoms with Crippen LogP contribution in [0.2, 0.25) is 0 Å². The summed E-state index contributed by atoms with van der Waals surface area (Å²) in [6.07, 6.45) is 3.14. The van der Waals surface area contributed by atoms with Crippen LogP contribution in [-0.2, 0) is 0 Å². The second-order valence-corrected chi connectivity index (χ2v) is 3.05. The molecule has 10 heavy (non-hydrogen) atoms. The van der Waals surface area contributed by atoms with Crippen molar-refractivity contribution in [3.05, 3.63) is 18.0 Å². The minimum absolute atomic E-state index is 0.604. The van der Waals surface area contributed by atoms with Crippen molar-refractivity contribution in [3.63, 3.8) is 0 Å². The van der Waals surface area contributed by atoms with Gasteiger partial charge in [-0.3, -0.25) is 4.68 Å². The van der Waals surface area contributed by atoms with Gasteiger partial charge in [0.2, 0.25) is 0 Å². The number of nitrogens with zero attached hydrogens (tertiary/aromatic N) is 2. The Hall–Kier alpha value is -0.830. The van der Waals surface area contributed by atoms with E-state index in [0.29, 0.717) is 12.1 Å². The second kappa shape index (κ2) is 1.42. The van der Waals surface area contributed by atoms with Crippen LogP contribution >= 0.6 is 0 Å². The smallest absolute Gasteiger partial charge is 0.0666 e. The third-order valence-electron chi connectivity index (χ3n) is 2.51. The van der Waals surface area contributed by atoms with E-state index >= 15 is 0 Å². The van der Waals surface area contributed by atoms with Crippen LogP contribution in [0.5, 0.6) is 0 Å². The van der Waals surface area contributed by atoms with Crippen LogP contribution in [0.4, 0.5) is 0 Å². The maximum absolute atomic E-state index is 4.26. The minimum atomic E-state index is 0.604. The van der Waals surface area contributed by atoms with Gasteiger partial charge in [-0.1, -0.05) is 0 Å². The van der Waals surface area contributed by atoms with Crippen LogP contribution < -0.4 is 5.32 Å². The lowest BCUT2D eigenvalue weighted by atomic mass is 10.2.